The van der Waals surface area contributed by atoms with Gasteiger partial charge in [0.25, 0.3) is 0 Å². The van der Waals surface area contributed by atoms with Crippen molar-refractivity contribution in [1.29, 1.82) is 0 Å². The van der Waals surface area contributed by atoms with Crippen LogP contribution in [0, 0.1) is 6.92 Å². The van der Waals surface area contributed by atoms with Crippen LogP contribution in [0.5, 0.6) is 5.75 Å². The van der Waals surface area contributed by atoms with Crippen molar-refractivity contribution in [3.8, 4) is 5.75 Å². The Morgan fingerprint density at radius 1 is 1.44 bits per heavy atom. The van der Waals surface area contributed by atoms with Crippen LogP contribution in [-0.2, 0) is 6.42 Å². The van der Waals surface area contributed by atoms with Gasteiger partial charge in [-0.15, -0.1) is 11.3 Å². The molecule has 0 saturated carbocycles. The Balaban J connectivity index is 2.08. The topological polar surface area (TPSA) is 48.1 Å². The number of rotatable bonds is 5. The van der Waals surface area contributed by atoms with Crippen molar-refractivity contribution in [2.75, 3.05) is 6.61 Å². The van der Waals surface area contributed by atoms with Gasteiger partial charge in [-0.3, -0.25) is 0 Å². The second kappa shape index (κ2) is 5.98. The SMILES string of the molecule is CCOc1cccc(C(N)Cc2nc(C)cs2)c1. The summed E-state index contributed by atoms with van der Waals surface area (Å²) >= 11 is 1.66. The number of hydrogen-bond acceptors (Lipinski definition) is 4. The number of benzene rings is 1. The van der Waals surface area contributed by atoms with Crippen molar-refractivity contribution >= 4 is 11.3 Å². The molecule has 0 aliphatic heterocycles. The molecule has 2 aromatic rings. The van der Waals surface area contributed by atoms with Crippen molar-refractivity contribution in [3.05, 3.63) is 45.9 Å². The molecule has 1 heterocycles. The standard InChI is InChI=1S/C14H18N2OS/c1-3-17-12-6-4-5-11(7-12)13(15)8-14-16-10(2)9-18-14/h4-7,9,13H,3,8,15H2,1-2H3. The third-order valence-electron chi connectivity index (χ3n) is 2.66. The van der Waals surface area contributed by atoms with Crippen LogP contribution in [0.2, 0.25) is 0 Å². The summed E-state index contributed by atoms with van der Waals surface area (Å²) in [5.74, 6) is 0.876. The normalized spacial score (nSPS) is 12.4. The van der Waals surface area contributed by atoms with Gasteiger partial charge in [-0.1, -0.05) is 12.1 Å². The summed E-state index contributed by atoms with van der Waals surface area (Å²) < 4.78 is 5.48. The smallest absolute Gasteiger partial charge is 0.119 e. The van der Waals surface area contributed by atoms with Gasteiger partial charge >= 0.3 is 0 Å². The minimum absolute atomic E-state index is 0.0315. The average molecular weight is 262 g/mol. The summed E-state index contributed by atoms with van der Waals surface area (Å²) in [6.45, 7) is 4.65. The largest absolute Gasteiger partial charge is 0.494 e. The Morgan fingerprint density at radius 2 is 2.28 bits per heavy atom. The first-order valence-electron chi connectivity index (χ1n) is 6.08. The highest BCUT2D eigenvalue weighted by atomic mass is 32.1. The zero-order valence-corrected chi connectivity index (χ0v) is 11.5. The molecular weight excluding hydrogens is 244 g/mol. The first-order valence-corrected chi connectivity index (χ1v) is 6.96. The molecule has 0 aliphatic rings. The zero-order valence-electron chi connectivity index (χ0n) is 10.7. The monoisotopic (exact) mass is 262 g/mol. The number of nitrogens with zero attached hydrogens (tertiary/aromatic N) is 1. The average Bonchev–Trinajstić information content (AvgIpc) is 2.75. The van der Waals surface area contributed by atoms with Crippen LogP contribution in [-0.4, -0.2) is 11.6 Å². The van der Waals surface area contributed by atoms with E-state index in [2.05, 4.69) is 10.4 Å². The molecule has 0 spiro atoms. The second-order valence-electron chi connectivity index (χ2n) is 4.20. The predicted octanol–water partition coefficient (Wildman–Crippen LogP) is 3.09. The highest BCUT2D eigenvalue weighted by Crippen LogP contribution is 2.22. The molecule has 4 heteroatoms. The van der Waals surface area contributed by atoms with Gasteiger partial charge in [0.1, 0.15) is 5.75 Å². The third-order valence-corrected chi connectivity index (χ3v) is 3.65. The van der Waals surface area contributed by atoms with Gasteiger partial charge in [-0.25, -0.2) is 4.98 Å². The molecular formula is C14H18N2OS. The maximum absolute atomic E-state index is 6.21. The van der Waals surface area contributed by atoms with Crippen molar-refractivity contribution in [1.82, 2.24) is 4.98 Å². The van der Waals surface area contributed by atoms with E-state index < -0.39 is 0 Å². The molecule has 0 aliphatic carbocycles. The van der Waals surface area contributed by atoms with Crippen molar-refractivity contribution in [2.45, 2.75) is 26.3 Å². The molecule has 0 amide bonds. The summed E-state index contributed by atoms with van der Waals surface area (Å²) in [7, 11) is 0. The lowest BCUT2D eigenvalue weighted by Gasteiger charge is -2.12. The minimum Gasteiger partial charge on any atom is -0.494 e. The predicted molar refractivity (Wildman–Crippen MR) is 75.1 cm³/mol. The Kier molecular flexibility index (Phi) is 4.33. The number of aromatic nitrogens is 1. The number of nitrogens with two attached hydrogens (primary N) is 1. The quantitative estimate of drug-likeness (QED) is 0.900. The van der Waals surface area contributed by atoms with E-state index in [1.54, 1.807) is 11.3 Å². The number of aryl methyl sites for hydroxylation is 1. The fraction of sp³-hybridized carbons (Fsp3) is 0.357. The second-order valence-corrected chi connectivity index (χ2v) is 5.14. The van der Waals surface area contributed by atoms with Gasteiger partial charge in [0.2, 0.25) is 0 Å². The maximum Gasteiger partial charge on any atom is 0.119 e. The summed E-state index contributed by atoms with van der Waals surface area (Å²) in [6.07, 6.45) is 0.772. The lowest BCUT2D eigenvalue weighted by atomic mass is 10.0. The van der Waals surface area contributed by atoms with Gasteiger partial charge in [0.15, 0.2) is 0 Å². The van der Waals surface area contributed by atoms with Crippen molar-refractivity contribution in [3.63, 3.8) is 0 Å². The van der Waals surface area contributed by atoms with Crippen LogP contribution in [0.25, 0.3) is 0 Å². The van der Waals surface area contributed by atoms with Crippen LogP contribution >= 0.6 is 11.3 Å². The Bertz CT molecular complexity index is 510. The Hall–Kier alpha value is -1.39. The van der Waals surface area contributed by atoms with Gasteiger partial charge < -0.3 is 10.5 Å². The number of ether oxygens (including phenoxy) is 1. The molecule has 1 aromatic carbocycles. The first-order chi connectivity index (χ1) is 8.69. The van der Waals surface area contributed by atoms with Crippen molar-refractivity contribution in [2.24, 2.45) is 5.73 Å². The summed E-state index contributed by atoms with van der Waals surface area (Å²) in [6, 6.07) is 7.94. The van der Waals surface area contributed by atoms with E-state index in [1.807, 2.05) is 38.1 Å². The van der Waals surface area contributed by atoms with E-state index in [0.717, 1.165) is 28.4 Å². The molecule has 1 unspecified atom stereocenters. The van der Waals surface area contributed by atoms with Crippen LogP contribution < -0.4 is 10.5 Å². The van der Waals surface area contributed by atoms with E-state index in [9.17, 15) is 0 Å². The molecule has 0 saturated heterocycles. The molecule has 1 aromatic heterocycles. The van der Waals surface area contributed by atoms with Gasteiger partial charge in [0, 0.05) is 23.5 Å². The zero-order chi connectivity index (χ0) is 13.0. The van der Waals surface area contributed by atoms with E-state index in [4.69, 9.17) is 10.5 Å². The lowest BCUT2D eigenvalue weighted by molar-refractivity contribution is 0.339. The van der Waals surface area contributed by atoms with E-state index in [1.165, 1.54) is 0 Å². The summed E-state index contributed by atoms with van der Waals surface area (Å²) in [5, 5.41) is 3.14. The molecule has 0 radical (unpaired) electrons. The number of thiazole rings is 1. The van der Waals surface area contributed by atoms with Gasteiger partial charge in [-0.2, -0.15) is 0 Å². The molecule has 0 fully saturated rings. The van der Waals surface area contributed by atoms with E-state index in [0.29, 0.717) is 6.61 Å². The summed E-state index contributed by atoms with van der Waals surface area (Å²) in [5.41, 5.74) is 8.36. The van der Waals surface area contributed by atoms with Crippen molar-refractivity contribution < 1.29 is 4.74 Å². The van der Waals surface area contributed by atoms with Gasteiger partial charge in [-0.05, 0) is 31.5 Å². The fourth-order valence-electron chi connectivity index (χ4n) is 1.80. The molecule has 96 valence electrons. The van der Waals surface area contributed by atoms with Crippen LogP contribution in [0.3, 0.4) is 0 Å². The van der Waals surface area contributed by atoms with Crippen LogP contribution in [0.1, 0.15) is 29.2 Å². The lowest BCUT2D eigenvalue weighted by Crippen LogP contribution is -2.13. The Morgan fingerprint density at radius 3 is 2.94 bits per heavy atom. The van der Waals surface area contributed by atoms with E-state index in [-0.39, 0.29) is 6.04 Å². The Labute approximate surface area is 112 Å². The minimum atomic E-state index is -0.0315. The molecule has 0 bridgehead atoms. The van der Waals surface area contributed by atoms with Gasteiger partial charge in [0.05, 0.1) is 11.6 Å². The molecule has 2 N–H and O–H groups in total. The molecule has 2 rings (SSSR count). The van der Waals surface area contributed by atoms with Crippen LogP contribution in [0.15, 0.2) is 29.6 Å². The highest BCUT2D eigenvalue weighted by Gasteiger charge is 2.10. The molecule has 18 heavy (non-hydrogen) atoms. The summed E-state index contributed by atoms with van der Waals surface area (Å²) in [4.78, 5) is 4.44. The molecule has 1 atom stereocenters. The van der Waals surface area contributed by atoms with E-state index >= 15 is 0 Å². The third kappa shape index (κ3) is 3.31. The number of hydrogen-bond donors (Lipinski definition) is 1. The first kappa shape index (κ1) is 13.1. The molecule has 3 nitrogen and oxygen atoms in total. The maximum atomic E-state index is 6.21. The van der Waals surface area contributed by atoms with Crippen LogP contribution in [0.4, 0.5) is 0 Å². The highest BCUT2D eigenvalue weighted by molar-refractivity contribution is 7.09. The fourth-order valence-corrected chi connectivity index (χ4v) is 2.64.